The molecule has 0 aromatic heterocycles. The van der Waals surface area contributed by atoms with Crippen LogP contribution in [0.4, 0.5) is 13.2 Å². The maximum Gasteiger partial charge on any atom is 0.401 e. The van der Waals surface area contributed by atoms with Crippen LogP contribution in [0.25, 0.3) is 0 Å². The molecule has 0 bridgehead atoms. The summed E-state index contributed by atoms with van der Waals surface area (Å²) in [5.41, 5.74) is 5.88. The molecule has 0 aliphatic carbocycles. The third-order valence-corrected chi connectivity index (χ3v) is 4.56. The Morgan fingerprint density at radius 2 is 2.13 bits per heavy atom. The van der Waals surface area contributed by atoms with Gasteiger partial charge in [-0.1, -0.05) is 6.92 Å². The van der Waals surface area contributed by atoms with Crippen molar-refractivity contribution >= 4 is 30.1 Å². The number of thioether (sulfide) groups is 1. The molecular weight excluding hydrogens is 351 g/mol. The number of halogens is 4. The Labute approximate surface area is 146 Å². The van der Waals surface area contributed by atoms with E-state index in [4.69, 9.17) is 5.73 Å². The van der Waals surface area contributed by atoms with E-state index in [0.29, 0.717) is 32.6 Å². The van der Waals surface area contributed by atoms with Gasteiger partial charge in [0.25, 0.3) is 0 Å². The van der Waals surface area contributed by atoms with Gasteiger partial charge in [0.05, 0.1) is 12.6 Å². The summed E-state index contributed by atoms with van der Waals surface area (Å²) in [6, 6.07) is -0.497. The summed E-state index contributed by atoms with van der Waals surface area (Å²) < 4.78 is 37.4. The molecule has 1 aliphatic heterocycles. The van der Waals surface area contributed by atoms with Gasteiger partial charge in [-0.05, 0) is 37.3 Å². The summed E-state index contributed by atoms with van der Waals surface area (Å²) in [4.78, 5) is 15.3. The molecule has 4 nitrogen and oxygen atoms in total. The van der Waals surface area contributed by atoms with E-state index in [-0.39, 0.29) is 24.2 Å². The van der Waals surface area contributed by atoms with Crippen LogP contribution in [0.3, 0.4) is 0 Å². The Morgan fingerprint density at radius 3 is 2.65 bits per heavy atom. The van der Waals surface area contributed by atoms with Crippen LogP contribution >= 0.6 is 24.2 Å². The second-order valence-electron chi connectivity index (χ2n) is 5.77. The number of nitrogens with two attached hydrogens (primary N) is 1. The topological polar surface area (TPSA) is 49.6 Å². The van der Waals surface area contributed by atoms with Crippen molar-refractivity contribution in [2.24, 2.45) is 11.7 Å². The molecule has 1 heterocycles. The monoisotopic (exact) mass is 377 g/mol. The van der Waals surface area contributed by atoms with Crippen molar-refractivity contribution in [1.29, 1.82) is 0 Å². The van der Waals surface area contributed by atoms with Gasteiger partial charge in [0.15, 0.2) is 0 Å². The van der Waals surface area contributed by atoms with Crippen molar-refractivity contribution in [2.45, 2.75) is 32.0 Å². The molecule has 1 fully saturated rings. The average molecular weight is 378 g/mol. The highest BCUT2D eigenvalue weighted by atomic mass is 35.5. The molecule has 1 unspecified atom stereocenters. The molecule has 0 saturated carbocycles. The number of likely N-dealkylation sites (tertiary alicyclic amines) is 1. The minimum Gasteiger partial charge on any atom is -0.341 e. The first-order valence-corrected chi connectivity index (χ1v) is 8.98. The number of carbonyl (C=O) groups excluding carboxylic acids is 1. The first-order chi connectivity index (χ1) is 10.3. The normalized spacial score (nSPS) is 19.8. The van der Waals surface area contributed by atoms with E-state index in [1.807, 2.05) is 6.26 Å². The highest BCUT2D eigenvalue weighted by molar-refractivity contribution is 7.98. The molecule has 2 atom stereocenters. The lowest BCUT2D eigenvalue weighted by atomic mass is 10.1. The molecule has 1 aliphatic rings. The van der Waals surface area contributed by atoms with Crippen LogP contribution in [0.2, 0.25) is 0 Å². The van der Waals surface area contributed by atoms with Gasteiger partial charge in [0.2, 0.25) is 5.91 Å². The zero-order chi connectivity index (χ0) is 16.8. The number of hydrogen-bond donors (Lipinski definition) is 1. The number of carbonyl (C=O) groups is 1. The molecule has 23 heavy (non-hydrogen) atoms. The summed E-state index contributed by atoms with van der Waals surface area (Å²) in [5.74, 6) is 0.855. The first kappa shape index (κ1) is 22.8. The third kappa shape index (κ3) is 8.47. The van der Waals surface area contributed by atoms with Crippen LogP contribution in [0.5, 0.6) is 0 Å². The van der Waals surface area contributed by atoms with E-state index >= 15 is 0 Å². The van der Waals surface area contributed by atoms with Gasteiger partial charge in [0.1, 0.15) is 0 Å². The Morgan fingerprint density at radius 1 is 1.48 bits per heavy atom. The number of rotatable bonds is 8. The maximum absolute atomic E-state index is 12.5. The van der Waals surface area contributed by atoms with Gasteiger partial charge in [0, 0.05) is 19.6 Å². The summed E-state index contributed by atoms with van der Waals surface area (Å²) in [6.45, 7) is 2.68. The van der Waals surface area contributed by atoms with E-state index < -0.39 is 18.8 Å². The molecule has 0 spiro atoms. The summed E-state index contributed by atoms with van der Waals surface area (Å²) in [6.07, 6.45) is -0.834. The zero-order valence-electron chi connectivity index (χ0n) is 13.6. The predicted octanol–water partition coefficient (Wildman–Crippen LogP) is 2.22. The Balaban J connectivity index is 0.00000484. The molecule has 0 aromatic rings. The molecule has 0 aromatic carbocycles. The molecule has 9 heteroatoms. The van der Waals surface area contributed by atoms with Crippen molar-refractivity contribution in [3.05, 3.63) is 0 Å². The molecule has 0 radical (unpaired) electrons. The van der Waals surface area contributed by atoms with Gasteiger partial charge < -0.3 is 10.6 Å². The van der Waals surface area contributed by atoms with Crippen LogP contribution in [0.1, 0.15) is 19.8 Å². The van der Waals surface area contributed by atoms with Crippen LogP contribution in [-0.4, -0.2) is 72.7 Å². The van der Waals surface area contributed by atoms with Crippen molar-refractivity contribution in [2.75, 3.05) is 44.7 Å². The van der Waals surface area contributed by atoms with Crippen molar-refractivity contribution in [3.63, 3.8) is 0 Å². The lowest BCUT2D eigenvalue weighted by Crippen LogP contribution is -2.43. The minimum absolute atomic E-state index is 0. The van der Waals surface area contributed by atoms with E-state index in [1.54, 1.807) is 23.6 Å². The molecule has 1 amide bonds. The Hall–Kier alpha value is -0.180. The van der Waals surface area contributed by atoms with Gasteiger partial charge >= 0.3 is 6.18 Å². The zero-order valence-corrected chi connectivity index (χ0v) is 15.3. The second-order valence-corrected chi connectivity index (χ2v) is 6.76. The molecular formula is C14H27ClF3N3OS. The van der Waals surface area contributed by atoms with E-state index in [0.717, 1.165) is 12.2 Å². The van der Waals surface area contributed by atoms with Crippen LogP contribution < -0.4 is 5.73 Å². The predicted molar refractivity (Wildman–Crippen MR) is 91.1 cm³/mol. The van der Waals surface area contributed by atoms with Crippen molar-refractivity contribution < 1.29 is 18.0 Å². The highest BCUT2D eigenvalue weighted by Crippen LogP contribution is 2.22. The SMILES string of the molecule is CCN(CC1CCN(C(=O)[C@@H](N)CCSC)C1)CC(F)(F)F.Cl. The summed E-state index contributed by atoms with van der Waals surface area (Å²) >= 11 is 1.64. The molecule has 1 rings (SSSR count). The fourth-order valence-electron chi connectivity index (χ4n) is 2.71. The van der Waals surface area contributed by atoms with E-state index in [1.165, 1.54) is 4.90 Å². The van der Waals surface area contributed by atoms with Crippen LogP contribution in [0.15, 0.2) is 0 Å². The summed E-state index contributed by atoms with van der Waals surface area (Å²) in [7, 11) is 0. The van der Waals surface area contributed by atoms with Crippen LogP contribution in [-0.2, 0) is 4.79 Å². The quantitative estimate of drug-likeness (QED) is 0.704. The largest absolute Gasteiger partial charge is 0.401 e. The highest BCUT2D eigenvalue weighted by Gasteiger charge is 2.34. The standard InChI is InChI=1S/C14H26F3N3OS.ClH/c1-3-19(10-14(15,16)17)8-11-4-6-20(9-11)13(21)12(18)5-7-22-2;/h11-12H,3-10,18H2,1-2H3;1H/t11?,12-;/m0./s1. The number of nitrogens with zero attached hydrogens (tertiary/aromatic N) is 2. The average Bonchev–Trinajstić information content (AvgIpc) is 2.90. The lowest BCUT2D eigenvalue weighted by Gasteiger charge is -2.25. The Bertz CT molecular complexity index is 361. The lowest BCUT2D eigenvalue weighted by molar-refractivity contribution is -0.146. The first-order valence-electron chi connectivity index (χ1n) is 7.59. The Kier molecular flexibility index (Phi) is 10.6. The van der Waals surface area contributed by atoms with Gasteiger partial charge in [-0.15, -0.1) is 12.4 Å². The molecule has 138 valence electrons. The van der Waals surface area contributed by atoms with Crippen LogP contribution in [0, 0.1) is 5.92 Å². The second kappa shape index (κ2) is 10.6. The molecule has 1 saturated heterocycles. The number of hydrogen-bond acceptors (Lipinski definition) is 4. The third-order valence-electron chi connectivity index (χ3n) is 3.91. The number of alkyl halides is 3. The number of amides is 1. The fraction of sp³-hybridized carbons (Fsp3) is 0.929. The maximum atomic E-state index is 12.5. The van der Waals surface area contributed by atoms with Gasteiger partial charge in [-0.2, -0.15) is 24.9 Å². The van der Waals surface area contributed by atoms with E-state index in [9.17, 15) is 18.0 Å². The van der Waals surface area contributed by atoms with Gasteiger partial charge in [-0.3, -0.25) is 9.69 Å². The summed E-state index contributed by atoms with van der Waals surface area (Å²) in [5, 5.41) is 0. The van der Waals surface area contributed by atoms with E-state index in [2.05, 4.69) is 0 Å². The molecule has 2 N–H and O–H groups in total. The minimum atomic E-state index is -4.18. The smallest absolute Gasteiger partial charge is 0.341 e. The van der Waals surface area contributed by atoms with Gasteiger partial charge in [-0.25, -0.2) is 0 Å². The fourth-order valence-corrected chi connectivity index (χ4v) is 3.20. The van der Waals surface area contributed by atoms with Crippen molar-refractivity contribution in [3.8, 4) is 0 Å². The van der Waals surface area contributed by atoms with Crippen molar-refractivity contribution in [1.82, 2.24) is 9.80 Å².